The van der Waals surface area contributed by atoms with Crippen LogP contribution in [0.3, 0.4) is 0 Å². The van der Waals surface area contributed by atoms with E-state index in [0.717, 1.165) is 5.56 Å². The lowest BCUT2D eigenvalue weighted by Gasteiger charge is -2.22. The van der Waals surface area contributed by atoms with Gasteiger partial charge < -0.3 is 9.47 Å². The fourth-order valence-electron chi connectivity index (χ4n) is 1.99. The molecule has 1 fully saturated rings. The summed E-state index contributed by atoms with van der Waals surface area (Å²) < 4.78 is 32.9. The number of nitrogens with zero attached hydrogens (tertiary/aromatic N) is 1. The summed E-state index contributed by atoms with van der Waals surface area (Å²) in [6.45, 7) is 0.605. The summed E-state index contributed by atoms with van der Waals surface area (Å²) in [4.78, 5) is 1.62. The first-order valence-corrected chi connectivity index (χ1v) is 8.07. The molecule has 0 N–H and O–H groups in total. The van der Waals surface area contributed by atoms with Crippen molar-refractivity contribution >= 4 is 35.1 Å². The Labute approximate surface area is 122 Å². The number of benzene rings is 1. The van der Waals surface area contributed by atoms with Crippen LogP contribution in [0.5, 0.6) is 11.5 Å². The van der Waals surface area contributed by atoms with Crippen LogP contribution in [0.1, 0.15) is 5.56 Å². The standard InChI is InChI=1S/C11H11NO4S3/c13-19(14)5-10(17)12(11(19)18)4-7-1-2-8-9(3-7)16-6-15-8/h1-3,10-11,17-18H,4,6H2. The molecule has 2 aliphatic rings. The maximum Gasteiger partial charge on any atom is 0.231 e. The van der Waals surface area contributed by atoms with E-state index in [1.807, 2.05) is 12.1 Å². The minimum Gasteiger partial charge on any atom is -0.454 e. The fourth-order valence-corrected chi connectivity index (χ4v) is 4.34. The van der Waals surface area contributed by atoms with Crippen LogP contribution >= 0.6 is 25.3 Å². The molecule has 1 aromatic rings. The van der Waals surface area contributed by atoms with Gasteiger partial charge in [0.25, 0.3) is 0 Å². The first kappa shape index (κ1) is 13.4. The fraction of sp³-hybridized carbons (Fsp3) is 0.364. The van der Waals surface area contributed by atoms with Gasteiger partial charge in [-0.15, -0.1) is 12.6 Å². The van der Waals surface area contributed by atoms with E-state index in [4.69, 9.17) is 9.47 Å². The lowest BCUT2D eigenvalue weighted by Crippen LogP contribution is -2.31. The van der Waals surface area contributed by atoms with Gasteiger partial charge in [-0.25, -0.2) is 8.42 Å². The molecule has 2 unspecified atom stereocenters. The highest BCUT2D eigenvalue weighted by molar-refractivity contribution is 8.06. The molecule has 0 aromatic heterocycles. The van der Waals surface area contributed by atoms with Crippen molar-refractivity contribution < 1.29 is 17.9 Å². The first-order valence-electron chi connectivity index (χ1n) is 5.49. The molecule has 0 aliphatic carbocycles. The maximum atomic E-state index is 11.6. The Kier molecular flexibility index (Phi) is 3.36. The van der Waals surface area contributed by atoms with E-state index in [1.165, 1.54) is 0 Å². The number of thiol groups is 2. The summed E-state index contributed by atoms with van der Waals surface area (Å²) in [6, 6.07) is 5.49. The molecular formula is C11H11NO4S3. The zero-order valence-electron chi connectivity index (χ0n) is 9.68. The van der Waals surface area contributed by atoms with E-state index in [2.05, 4.69) is 31.0 Å². The third-order valence-corrected chi connectivity index (χ3v) is 6.05. The van der Waals surface area contributed by atoms with Crippen LogP contribution in [0.2, 0.25) is 0 Å². The van der Waals surface area contributed by atoms with Gasteiger partial charge in [0.15, 0.2) is 26.0 Å². The summed E-state index contributed by atoms with van der Waals surface area (Å²) in [6.07, 6.45) is 0. The summed E-state index contributed by atoms with van der Waals surface area (Å²) in [5.74, 6) is 3.76. The van der Waals surface area contributed by atoms with Gasteiger partial charge in [-0.05, 0) is 17.7 Å². The monoisotopic (exact) mass is 317 g/mol. The normalized spacial score (nSPS) is 28.7. The van der Waals surface area contributed by atoms with E-state index in [1.54, 1.807) is 11.0 Å². The van der Waals surface area contributed by atoms with E-state index in [0.29, 0.717) is 18.0 Å². The van der Waals surface area contributed by atoms with Gasteiger partial charge in [0.1, 0.15) is 5.75 Å². The molecule has 0 saturated carbocycles. The average Bonchev–Trinajstić information content (AvgIpc) is 2.87. The highest BCUT2D eigenvalue weighted by Gasteiger charge is 2.42. The Hall–Kier alpha value is -0.570. The van der Waals surface area contributed by atoms with Gasteiger partial charge in [0.2, 0.25) is 6.79 Å². The Morgan fingerprint density at radius 2 is 2.05 bits per heavy atom. The molecule has 5 nitrogen and oxygen atoms in total. The van der Waals surface area contributed by atoms with Gasteiger partial charge in [0, 0.05) is 6.54 Å². The summed E-state index contributed by atoms with van der Waals surface area (Å²) in [5, 5.41) is -0.585. The molecule has 2 aliphatic heterocycles. The third kappa shape index (κ3) is 2.42. The van der Waals surface area contributed by atoms with Gasteiger partial charge >= 0.3 is 0 Å². The first-order chi connectivity index (χ1) is 8.97. The van der Waals surface area contributed by atoms with Crippen LogP contribution in [-0.4, -0.2) is 30.2 Å². The zero-order valence-corrected chi connectivity index (χ0v) is 12.3. The Balaban J connectivity index is 1.82. The lowest BCUT2D eigenvalue weighted by molar-refractivity contribution is 0.174. The van der Waals surface area contributed by atoms with Crippen molar-refractivity contribution in [2.75, 3.05) is 6.79 Å². The molecule has 102 valence electrons. The molecule has 2 heterocycles. The number of rotatable bonds is 2. The highest BCUT2D eigenvalue weighted by atomic mass is 32.2. The second-order valence-corrected chi connectivity index (χ2v) is 7.32. The molecule has 0 amide bonds. The molecule has 0 bridgehead atoms. The van der Waals surface area contributed by atoms with Crippen LogP contribution in [0.15, 0.2) is 18.2 Å². The van der Waals surface area contributed by atoms with Gasteiger partial charge in [-0.2, -0.15) is 12.6 Å². The lowest BCUT2D eigenvalue weighted by atomic mass is 10.2. The minimum absolute atomic E-state index is 0.211. The zero-order chi connectivity index (χ0) is 13.6. The Morgan fingerprint density at radius 1 is 1.32 bits per heavy atom. The molecule has 0 spiro atoms. The van der Waals surface area contributed by atoms with Crippen LogP contribution in [0.4, 0.5) is 0 Å². The van der Waals surface area contributed by atoms with Crippen molar-refractivity contribution in [1.29, 1.82) is 0 Å². The second-order valence-electron chi connectivity index (χ2n) is 4.22. The van der Waals surface area contributed by atoms with Crippen LogP contribution < -0.4 is 9.47 Å². The smallest absolute Gasteiger partial charge is 0.231 e. The average molecular weight is 317 g/mol. The molecule has 8 heteroatoms. The second kappa shape index (κ2) is 4.76. The predicted octanol–water partition coefficient (Wildman–Crippen LogP) is 1.15. The summed E-state index contributed by atoms with van der Waals surface area (Å²) >= 11 is 8.31. The molecular weight excluding hydrogens is 306 g/mol. The molecule has 1 saturated heterocycles. The third-order valence-electron chi connectivity index (χ3n) is 2.95. The van der Waals surface area contributed by atoms with E-state index in [9.17, 15) is 8.42 Å². The number of hydrogen-bond donors (Lipinski definition) is 2. The van der Waals surface area contributed by atoms with Crippen LogP contribution in [0, 0.1) is 5.75 Å². The molecule has 3 rings (SSSR count). The summed E-state index contributed by atoms with van der Waals surface area (Å²) in [7, 11) is -3.45. The predicted molar refractivity (Wildman–Crippen MR) is 75.8 cm³/mol. The van der Waals surface area contributed by atoms with Crippen LogP contribution in [0.25, 0.3) is 0 Å². The maximum absolute atomic E-state index is 11.6. The molecule has 1 aromatic carbocycles. The quantitative estimate of drug-likeness (QED) is 0.802. The molecule has 19 heavy (non-hydrogen) atoms. The van der Waals surface area contributed by atoms with Crippen molar-refractivity contribution in [1.82, 2.24) is 4.90 Å². The van der Waals surface area contributed by atoms with Gasteiger partial charge in [-0.1, -0.05) is 6.07 Å². The van der Waals surface area contributed by atoms with Crippen molar-refractivity contribution in [3.05, 3.63) is 29.5 Å². The topological polar surface area (TPSA) is 55.8 Å². The Bertz CT molecular complexity index is 604. The van der Waals surface area contributed by atoms with Crippen molar-refractivity contribution in [2.45, 2.75) is 16.6 Å². The van der Waals surface area contributed by atoms with E-state index < -0.39 is 19.9 Å². The van der Waals surface area contributed by atoms with Crippen molar-refractivity contribution in [3.63, 3.8) is 0 Å². The summed E-state index contributed by atoms with van der Waals surface area (Å²) in [5.41, 5.74) is 0.904. The van der Waals surface area contributed by atoms with Crippen molar-refractivity contribution in [3.8, 4) is 11.5 Å². The number of hydrogen-bond acceptors (Lipinski definition) is 7. The Morgan fingerprint density at radius 3 is 2.74 bits per heavy atom. The number of sulfone groups is 1. The van der Waals surface area contributed by atoms with Gasteiger partial charge in [0.05, 0.1) is 5.37 Å². The SMILES string of the molecule is O=S1(=O)[C]C(S)N(Cc2ccc3c(c2)OCO3)C1S. The van der Waals surface area contributed by atoms with Crippen LogP contribution in [-0.2, 0) is 16.4 Å². The van der Waals surface area contributed by atoms with E-state index >= 15 is 0 Å². The molecule has 2 radical (unpaired) electrons. The minimum atomic E-state index is -3.45. The molecule has 2 atom stereocenters. The number of ether oxygens (including phenoxy) is 2. The van der Waals surface area contributed by atoms with Gasteiger partial charge in [-0.3, -0.25) is 4.90 Å². The largest absolute Gasteiger partial charge is 0.454 e. The highest BCUT2D eigenvalue weighted by Crippen LogP contribution is 2.36. The number of fused-ring (bicyclic) bond motifs is 1. The van der Waals surface area contributed by atoms with E-state index in [-0.39, 0.29) is 6.79 Å². The van der Waals surface area contributed by atoms with Crippen molar-refractivity contribution in [2.24, 2.45) is 0 Å².